The van der Waals surface area contributed by atoms with Crippen LogP contribution in [0.4, 0.5) is 0 Å². The molecule has 0 aliphatic carbocycles. The van der Waals surface area contributed by atoms with Crippen molar-refractivity contribution in [3.8, 4) is 0 Å². The van der Waals surface area contributed by atoms with E-state index < -0.39 is 0 Å². The van der Waals surface area contributed by atoms with Gasteiger partial charge in [0.05, 0.1) is 19.0 Å². The fourth-order valence-corrected chi connectivity index (χ4v) is 1.48. The molecule has 0 saturated carbocycles. The number of hydrogen-bond donors (Lipinski definition) is 1. The van der Waals surface area contributed by atoms with Crippen molar-refractivity contribution in [1.82, 2.24) is 9.78 Å². The van der Waals surface area contributed by atoms with Crippen LogP contribution in [0.2, 0.25) is 0 Å². The summed E-state index contributed by atoms with van der Waals surface area (Å²) in [4.78, 5) is 11.5. The number of hydrogen-bond acceptors (Lipinski definition) is 4. The van der Waals surface area contributed by atoms with Gasteiger partial charge in [-0.2, -0.15) is 5.10 Å². The van der Waals surface area contributed by atoms with Crippen molar-refractivity contribution < 1.29 is 9.53 Å². The molecule has 1 rings (SSSR count). The highest BCUT2D eigenvalue weighted by Crippen LogP contribution is 2.15. The normalized spacial score (nSPS) is 11.6. The van der Waals surface area contributed by atoms with E-state index in [1.165, 1.54) is 13.3 Å². The summed E-state index contributed by atoms with van der Waals surface area (Å²) >= 11 is 0. The monoisotopic (exact) mass is 225 g/mol. The maximum atomic E-state index is 11.5. The van der Waals surface area contributed by atoms with Crippen molar-refractivity contribution in [2.45, 2.75) is 32.2 Å². The van der Waals surface area contributed by atoms with Crippen LogP contribution in [-0.4, -0.2) is 28.4 Å². The van der Waals surface area contributed by atoms with Gasteiger partial charge in [-0.1, -0.05) is 0 Å². The van der Waals surface area contributed by atoms with Crippen LogP contribution >= 0.6 is 0 Å². The maximum absolute atomic E-state index is 11.5. The van der Waals surface area contributed by atoms with E-state index in [0.29, 0.717) is 12.0 Å². The van der Waals surface area contributed by atoms with E-state index in [2.05, 4.69) is 5.10 Å². The number of esters is 1. The van der Waals surface area contributed by atoms with Crippen molar-refractivity contribution in [2.75, 3.05) is 7.11 Å². The van der Waals surface area contributed by atoms with Gasteiger partial charge in [-0.25, -0.2) is 4.79 Å². The molecule has 0 saturated heterocycles. The summed E-state index contributed by atoms with van der Waals surface area (Å²) in [6.07, 6.45) is 3.03. The highest BCUT2D eigenvalue weighted by Gasteiger charge is 2.19. The van der Waals surface area contributed by atoms with E-state index in [0.717, 1.165) is 12.1 Å². The average molecular weight is 225 g/mol. The molecule has 0 aliphatic rings. The fraction of sp³-hybridized carbons (Fsp3) is 0.636. The van der Waals surface area contributed by atoms with Crippen molar-refractivity contribution in [3.05, 3.63) is 17.5 Å². The van der Waals surface area contributed by atoms with Crippen LogP contribution in [0.3, 0.4) is 0 Å². The second kappa shape index (κ2) is 4.65. The zero-order valence-electron chi connectivity index (χ0n) is 10.3. The van der Waals surface area contributed by atoms with E-state index in [9.17, 15) is 4.79 Å². The molecular weight excluding hydrogens is 206 g/mol. The summed E-state index contributed by atoms with van der Waals surface area (Å²) in [7, 11) is 3.18. The molecule has 0 radical (unpaired) electrons. The number of aromatic nitrogens is 2. The summed E-state index contributed by atoms with van der Waals surface area (Å²) in [6.45, 7) is 3.92. The number of nitrogens with two attached hydrogens (primary N) is 1. The lowest BCUT2D eigenvalue weighted by atomic mass is 9.97. The first kappa shape index (κ1) is 12.7. The van der Waals surface area contributed by atoms with E-state index in [-0.39, 0.29) is 11.5 Å². The van der Waals surface area contributed by atoms with E-state index >= 15 is 0 Å². The Hall–Kier alpha value is -1.36. The quantitative estimate of drug-likeness (QED) is 0.772. The number of nitrogens with zero attached hydrogens (tertiary/aromatic N) is 2. The van der Waals surface area contributed by atoms with Gasteiger partial charge < -0.3 is 10.5 Å². The summed E-state index contributed by atoms with van der Waals surface area (Å²) in [5.74, 6) is -0.349. The number of ether oxygens (including phenoxy) is 1. The Bertz CT molecular complexity index is 377. The van der Waals surface area contributed by atoms with Crippen LogP contribution in [0, 0.1) is 0 Å². The number of methoxy groups -OCH3 is 1. The third-order valence-electron chi connectivity index (χ3n) is 2.47. The topological polar surface area (TPSA) is 70.1 Å². The van der Waals surface area contributed by atoms with Crippen molar-refractivity contribution >= 4 is 5.97 Å². The molecule has 2 N–H and O–H groups in total. The second-order valence-electron chi connectivity index (χ2n) is 4.61. The number of rotatable bonds is 4. The second-order valence-corrected chi connectivity index (χ2v) is 4.61. The molecule has 5 nitrogen and oxygen atoms in total. The predicted octanol–water partition coefficient (Wildman–Crippen LogP) is 0.877. The van der Waals surface area contributed by atoms with Crippen LogP contribution in [-0.2, 0) is 18.2 Å². The van der Waals surface area contributed by atoms with Gasteiger partial charge in [0.1, 0.15) is 5.56 Å². The third-order valence-corrected chi connectivity index (χ3v) is 2.47. The highest BCUT2D eigenvalue weighted by atomic mass is 16.5. The molecule has 90 valence electrons. The molecule has 0 unspecified atom stereocenters. The van der Waals surface area contributed by atoms with Crippen molar-refractivity contribution in [3.63, 3.8) is 0 Å². The van der Waals surface area contributed by atoms with E-state index in [1.54, 1.807) is 4.68 Å². The SMILES string of the molecule is COC(=O)c1cnn(C)c1CCC(C)(C)N. The Balaban J connectivity index is 2.86. The number of carbonyl (C=O) groups excluding carboxylic acids is 1. The van der Waals surface area contributed by atoms with E-state index in [4.69, 9.17) is 10.5 Å². The Morgan fingerprint density at radius 1 is 1.62 bits per heavy atom. The summed E-state index contributed by atoms with van der Waals surface area (Å²) in [5, 5.41) is 4.06. The number of carbonyl (C=O) groups is 1. The van der Waals surface area contributed by atoms with Crippen LogP contribution < -0.4 is 5.73 Å². The molecular formula is C11H19N3O2. The van der Waals surface area contributed by atoms with Gasteiger partial charge in [-0.3, -0.25) is 4.68 Å². The molecule has 0 spiro atoms. The zero-order valence-corrected chi connectivity index (χ0v) is 10.3. The number of aryl methyl sites for hydroxylation is 1. The zero-order chi connectivity index (χ0) is 12.3. The molecule has 0 amide bonds. The first-order chi connectivity index (χ1) is 7.35. The van der Waals surface area contributed by atoms with Gasteiger partial charge in [-0.15, -0.1) is 0 Å². The largest absolute Gasteiger partial charge is 0.465 e. The van der Waals surface area contributed by atoms with Gasteiger partial charge in [0.25, 0.3) is 0 Å². The molecule has 16 heavy (non-hydrogen) atoms. The van der Waals surface area contributed by atoms with Gasteiger partial charge in [0.2, 0.25) is 0 Å². The van der Waals surface area contributed by atoms with Gasteiger partial charge in [0, 0.05) is 12.6 Å². The summed E-state index contributed by atoms with van der Waals surface area (Å²) in [6, 6.07) is 0. The van der Waals surface area contributed by atoms with Crippen LogP contribution in [0.15, 0.2) is 6.20 Å². The Labute approximate surface area is 95.6 Å². The lowest BCUT2D eigenvalue weighted by Crippen LogP contribution is -2.32. The smallest absolute Gasteiger partial charge is 0.341 e. The average Bonchev–Trinajstić information content (AvgIpc) is 2.54. The van der Waals surface area contributed by atoms with Crippen LogP contribution in [0.25, 0.3) is 0 Å². The fourth-order valence-electron chi connectivity index (χ4n) is 1.48. The standard InChI is InChI=1S/C11H19N3O2/c1-11(2,12)6-5-9-8(10(15)16-4)7-13-14(9)3/h7H,5-6,12H2,1-4H3. The molecule has 1 aromatic heterocycles. The first-order valence-corrected chi connectivity index (χ1v) is 5.23. The van der Waals surface area contributed by atoms with Crippen molar-refractivity contribution in [1.29, 1.82) is 0 Å². The third kappa shape index (κ3) is 3.06. The molecule has 1 heterocycles. The molecule has 1 aromatic rings. The van der Waals surface area contributed by atoms with Crippen LogP contribution in [0.1, 0.15) is 36.3 Å². The minimum absolute atomic E-state index is 0.252. The molecule has 0 bridgehead atoms. The summed E-state index contributed by atoms with van der Waals surface area (Å²) in [5.41, 5.74) is 7.05. The molecule has 5 heteroatoms. The Kier molecular flexibility index (Phi) is 3.70. The highest BCUT2D eigenvalue weighted by molar-refractivity contribution is 5.90. The van der Waals surface area contributed by atoms with Crippen LogP contribution in [0.5, 0.6) is 0 Å². The summed E-state index contributed by atoms with van der Waals surface area (Å²) < 4.78 is 6.39. The minimum Gasteiger partial charge on any atom is -0.465 e. The lowest BCUT2D eigenvalue weighted by Gasteiger charge is -2.18. The molecule has 0 atom stereocenters. The minimum atomic E-state index is -0.349. The predicted molar refractivity (Wildman–Crippen MR) is 61.1 cm³/mol. The molecule has 0 aromatic carbocycles. The van der Waals surface area contributed by atoms with Gasteiger partial charge in [0.15, 0.2) is 0 Å². The lowest BCUT2D eigenvalue weighted by molar-refractivity contribution is 0.0599. The van der Waals surface area contributed by atoms with Crippen molar-refractivity contribution in [2.24, 2.45) is 12.8 Å². The molecule has 0 aliphatic heterocycles. The Morgan fingerprint density at radius 3 is 2.75 bits per heavy atom. The van der Waals surface area contributed by atoms with Gasteiger partial charge in [-0.05, 0) is 26.7 Å². The Morgan fingerprint density at radius 2 is 2.25 bits per heavy atom. The maximum Gasteiger partial charge on any atom is 0.341 e. The van der Waals surface area contributed by atoms with E-state index in [1.807, 2.05) is 20.9 Å². The molecule has 0 fully saturated rings. The first-order valence-electron chi connectivity index (χ1n) is 5.23. The van der Waals surface area contributed by atoms with Gasteiger partial charge >= 0.3 is 5.97 Å².